The average Bonchev–Trinajstić information content (AvgIpc) is 3.43. The van der Waals surface area contributed by atoms with E-state index in [1.807, 2.05) is 31.2 Å². The molecule has 6 rings (SSSR count). The van der Waals surface area contributed by atoms with E-state index in [1.165, 1.54) is 55.5 Å². The maximum atomic E-state index is 12.5. The molecule has 5 heteroatoms. The van der Waals surface area contributed by atoms with E-state index in [-0.39, 0.29) is 5.91 Å². The number of rotatable bonds is 5. The summed E-state index contributed by atoms with van der Waals surface area (Å²) in [5.41, 5.74) is 4.68. The second-order valence-electron chi connectivity index (χ2n) is 9.71. The van der Waals surface area contributed by atoms with Gasteiger partial charge in [-0.3, -0.25) is 14.4 Å². The smallest absolute Gasteiger partial charge is 0.251 e. The number of hydrogen-bond acceptors (Lipinski definition) is 3. The fourth-order valence-corrected chi connectivity index (χ4v) is 5.98. The predicted molar refractivity (Wildman–Crippen MR) is 119 cm³/mol. The van der Waals surface area contributed by atoms with Gasteiger partial charge >= 0.3 is 0 Å². The monoisotopic (exact) mass is 406 g/mol. The fourth-order valence-electron chi connectivity index (χ4n) is 5.98. The Bertz CT molecular complexity index is 896. The standard InChI is InChI=1S/C25H34N4O/c1-17-7-9-19(10-8-17)25(30)26-15-21-13-20-11-12-29(21)16-22(20)24-14-23(27-28(24)2)18-5-3-4-6-18/h7-10,14,18,20-22H,3-6,11-13,15-16H2,1-2H3,(H,26,30)/t20-,21-,22+/m1/s1. The van der Waals surface area contributed by atoms with Gasteiger partial charge in [-0.25, -0.2) is 0 Å². The zero-order chi connectivity index (χ0) is 20.7. The summed E-state index contributed by atoms with van der Waals surface area (Å²) in [6.45, 7) is 5.04. The van der Waals surface area contributed by atoms with Crippen molar-refractivity contribution in [3.05, 3.63) is 52.8 Å². The van der Waals surface area contributed by atoms with Gasteiger partial charge in [-0.05, 0) is 63.3 Å². The molecule has 1 unspecified atom stereocenters. The first-order valence-electron chi connectivity index (χ1n) is 11.7. The highest BCUT2D eigenvalue weighted by Gasteiger charge is 2.42. The first-order valence-corrected chi connectivity index (χ1v) is 11.7. The van der Waals surface area contributed by atoms with Crippen molar-refractivity contribution in [3.63, 3.8) is 0 Å². The van der Waals surface area contributed by atoms with Crippen LogP contribution in [0.2, 0.25) is 0 Å². The number of aromatic nitrogens is 2. The molecule has 0 spiro atoms. The lowest BCUT2D eigenvalue weighted by Gasteiger charge is -2.50. The van der Waals surface area contributed by atoms with E-state index in [9.17, 15) is 4.79 Å². The summed E-state index contributed by atoms with van der Waals surface area (Å²) in [5, 5.41) is 8.09. The van der Waals surface area contributed by atoms with Crippen molar-refractivity contribution < 1.29 is 4.79 Å². The summed E-state index contributed by atoms with van der Waals surface area (Å²) in [4.78, 5) is 15.1. The van der Waals surface area contributed by atoms with Crippen LogP contribution < -0.4 is 5.32 Å². The van der Waals surface area contributed by atoms with E-state index in [0.29, 0.717) is 23.8 Å². The van der Waals surface area contributed by atoms with Gasteiger partial charge in [0.2, 0.25) is 0 Å². The van der Waals surface area contributed by atoms with Crippen molar-refractivity contribution >= 4 is 5.91 Å². The Hall–Kier alpha value is -2.14. The van der Waals surface area contributed by atoms with Crippen molar-refractivity contribution in [2.24, 2.45) is 13.0 Å². The highest BCUT2D eigenvalue weighted by atomic mass is 16.1. The van der Waals surface area contributed by atoms with Gasteiger partial charge in [0, 0.05) is 49.3 Å². The molecule has 0 radical (unpaired) electrons. The van der Waals surface area contributed by atoms with E-state index < -0.39 is 0 Å². The zero-order valence-electron chi connectivity index (χ0n) is 18.3. The molecule has 4 fully saturated rings. The second kappa shape index (κ2) is 8.18. The van der Waals surface area contributed by atoms with Crippen LogP contribution in [0.4, 0.5) is 0 Å². The topological polar surface area (TPSA) is 50.2 Å². The number of nitrogens with one attached hydrogen (secondary N) is 1. The van der Waals surface area contributed by atoms with Crippen LogP contribution in [0.15, 0.2) is 30.3 Å². The highest BCUT2D eigenvalue weighted by Crippen LogP contribution is 2.43. The minimum absolute atomic E-state index is 0.0436. The van der Waals surface area contributed by atoms with Crippen molar-refractivity contribution in [3.8, 4) is 0 Å². The van der Waals surface area contributed by atoms with Crippen LogP contribution >= 0.6 is 0 Å². The van der Waals surface area contributed by atoms with Crippen LogP contribution in [-0.2, 0) is 7.05 Å². The number of fused-ring (bicyclic) bond motifs is 3. The first kappa shape index (κ1) is 19.8. The molecule has 160 valence electrons. The second-order valence-corrected chi connectivity index (χ2v) is 9.71. The number of hydrogen-bond donors (Lipinski definition) is 1. The average molecular weight is 407 g/mol. The number of benzene rings is 1. The van der Waals surface area contributed by atoms with Gasteiger partial charge in [0.25, 0.3) is 5.91 Å². The molecule has 3 aliphatic heterocycles. The summed E-state index contributed by atoms with van der Waals surface area (Å²) in [6.07, 6.45) is 7.75. The van der Waals surface area contributed by atoms with Gasteiger partial charge in [-0.2, -0.15) is 5.10 Å². The number of piperidine rings is 3. The molecular formula is C25H34N4O. The molecule has 2 aromatic rings. The molecule has 4 heterocycles. The fraction of sp³-hybridized carbons (Fsp3) is 0.600. The molecule has 1 aromatic carbocycles. The van der Waals surface area contributed by atoms with Crippen LogP contribution in [-0.4, -0.2) is 46.3 Å². The van der Waals surface area contributed by atoms with Crippen molar-refractivity contribution in [2.45, 2.75) is 63.3 Å². The largest absolute Gasteiger partial charge is 0.350 e. The Morgan fingerprint density at radius 3 is 2.63 bits per heavy atom. The van der Waals surface area contributed by atoms with Gasteiger partial charge in [0.1, 0.15) is 0 Å². The molecule has 3 saturated heterocycles. The molecule has 1 aliphatic carbocycles. The maximum absolute atomic E-state index is 12.5. The Morgan fingerprint density at radius 2 is 1.93 bits per heavy atom. The summed E-state index contributed by atoms with van der Waals surface area (Å²) in [7, 11) is 2.13. The van der Waals surface area contributed by atoms with Crippen molar-refractivity contribution in [1.82, 2.24) is 20.0 Å². The van der Waals surface area contributed by atoms with E-state index in [1.54, 1.807) is 0 Å². The van der Waals surface area contributed by atoms with Crippen molar-refractivity contribution in [1.29, 1.82) is 0 Å². The van der Waals surface area contributed by atoms with E-state index in [0.717, 1.165) is 25.2 Å². The van der Waals surface area contributed by atoms with Gasteiger partial charge in [0.05, 0.1) is 5.69 Å². The lowest BCUT2D eigenvalue weighted by atomic mass is 9.74. The number of carbonyl (C=O) groups excluding carboxylic acids is 1. The van der Waals surface area contributed by atoms with Crippen LogP contribution in [0, 0.1) is 12.8 Å². The maximum Gasteiger partial charge on any atom is 0.251 e. The van der Waals surface area contributed by atoms with Crippen LogP contribution in [0.5, 0.6) is 0 Å². The number of amides is 1. The minimum Gasteiger partial charge on any atom is -0.350 e. The SMILES string of the molecule is Cc1ccc(C(=O)NC[C@H]2C[C@H]3CCN2C[C@@H]3c2cc(C3CCCC3)nn2C)cc1. The molecule has 5 nitrogen and oxygen atoms in total. The molecule has 30 heavy (non-hydrogen) atoms. The lowest BCUT2D eigenvalue weighted by molar-refractivity contribution is 0.0280. The number of nitrogens with zero attached hydrogens (tertiary/aromatic N) is 3. The Morgan fingerprint density at radius 1 is 1.17 bits per heavy atom. The molecule has 4 aliphatic rings. The van der Waals surface area contributed by atoms with E-state index >= 15 is 0 Å². The molecule has 1 amide bonds. The molecule has 1 N–H and O–H groups in total. The Balaban J connectivity index is 1.22. The molecule has 1 saturated carbocycles. The summed E-state index contributed by atoms with van der Waals surface area (Å²) < 4.78 is 2.16. The Labute approximate surface area is 179 Å². The van der Waals surface area contributed by atoms with Crippen molar-refractivity contribution in [2.75, 3.05) is 19.6 Å². The first-order chi connectivity index (χ1) is 14.6. The van der Waals surface area contributed by atoms with Crippen LogP contribution in [0.25, 0.3) is 0 Å². The highest BCUT2D eigenvalue weighted by molar-refractivity contribution is 5.94. The third-order valence-corrected chi connectivity index (χ3v) is 7.78. The molecule has 1 aromatic heterocycles. The Kier molecular flexibility index (Phi) is 5.40. The lowest BCUT2D eigenvalue weighted by Crippen LogP contribution is -2.56. The van der Waals surface area contributed by atoms with Gasteiger partial charge in [-0.15, -0.1) is 0 Å². The number of aryl methyl sites for hydroxylation is 2. The number of carbonyl (C=O) groups is 1. The predicted octanol–water partition coefficient (Wildman–Crippen LogP) is 3.99. The van der Waals surface area contributed by atoms with E-state index in [4.69, 9.17) is 5.10 Å². The summed E-state index contributed by atoms with van der Waals surface area (Å²) in [6, 6.07) is 10.7. The van der Waals surface area contributed by atoms with E-state index in [2.05, 4.69) is 28.0 Å². The zero-order valence-corrected chi connectivity index (χ0v) is 18.3. The van der Waals surface area contributed by atoms with Gasteiger partial charge in [-0.1, -0.05) is 30.5 Å². The normalized spacial score (nSPS) is 28.7. The minimum atomic E-state index is 0.0436. The molecule has 2 bridgehead atoms. The summed E-state index contributed by atoms with van der Waals surface area (Å²) in [5.74, 6) is 2.00. The third kappa shape index (κ3) is 3.80. The summed E-state index contributed by atoms with van der Waals surface area (Å²) >= 11 is 0. The van der Waals surface area contributed by atoms with Gasteiger partial charge in [0.15, 0.2) is 0 Å². The third-order valence-electron chi connectivity index (χ3n) is 7.78. The molecule has 4 atom stereocenters. The quantitative estimate of drug-likeness (QED) is 0.817. The van der Waals surface area contributed by atoms with Crippen LogP contribution in [0.1, 0.15) is 77.7 Å². The van der Waals surface area contributed by atoms with Crippen LogP contribution in [0.3, 0.4) is 0 Å². The molecular weight excluding hydrogens is 372 g/mol. The van der Waals surface area contributed by atoms with Gasteiger partial charge < -0.3 is 5.32 Å².